The second-order valence-corrected chi connectivity index (χ2v) is 5.10. The van der Waals surface area contributed by atoms with Crippen molar-refractivity contribution in [2.75, 3.05) is 0 Å². The van der Waals surface area contributed by atoms with Gasteiger partial charge in [-0.25, -0.2) is 0 Å². The molecule has 0 radical (unpaired) electrons. The van der Waals surface area contributed by atoms with Gasteiger partial charge in [-0.1, -0.05) is 67.6 Å². The Labute approximate surface area is 107 Å². The third-order valence-electron chi connectivity index (χ3n) is 4.00. The van der Waals surface area contributed by atoms with Crippen LogP contribution < -0.4 is 0 Å². The molecule has 1 atom stereocenters. The van der Waals surface area contributed by atoms with Gasteiger partial charge in [0.15, 0.2) is 0 Å². The Kier molecular flexibility index (Phi) is 1.90. The van der Waals surface area contributed by atoms with E-state index in [4.69, 9.17) is 0 Å². The minimum Gasteiger partial charge on any atom is -0.0693 e. The van der Waals surface area contributed by atoms with Crippen molar-refractivity contribution in [3.05, 3.63) is 77.4 Å². The molecule has 0 aromatic heterocycles. The molecule has 0 amide bonds. The number of benzene rings is 2. The van der Waals surface area contributed by atoms with Crippen LogP contribution in [0.15, 0.2) is 66.3 Å². The molecule has 18 heavy (non-hydrogen) atoms. The van der Waals surface area contributed by atoms with Gasteiger partial charge in [0.1, 0.15) is 0 Å². The lowest BCUT2D eigenvalue weighted by molar-refractivity contribution is 0.958. The summed E-state index contributed by atoms with van der Waals surface area (Å²) in [6, 6.07) is 13.2. The van der Waals surface area contributed by atoms with Crippen LogP contribution in [0.2, 0.25) is 0 Å². The fourth-order valence-electron chi connectivity index (χ4n) is 3.20. The third-order valence-corrected chi connectivity index (χ3v) is 4.00. The lowest BCUT2D eigenvalue weighted by Gasteiger charge is -2.24. The fourth-order valence-corrected chi connectivity index (χ4v) is 3.20. The van der Waals surface area contributed by atoms with E-state index in [1.54, 1.807) is 0 Å². The van der Waals surface area contributed by atoms with Crippen LogP contribution >= 0.6 is 0 Å². The molecule has 2 aromatic carbocycles. The maximum absolute atomic E-state index is 2.38. The molecule has 4 rings (SSSR count). The van der Waals surface area contributed by atoms with Crippen LogP contribution in [0.25, 0.3) is 16.3 Å². The van der Waals surface area contributed by atoms with Crippen molar-refractivity contribution in [1.29, 1.82) is 0 Å². The molecule has 2 aliphatic carbocycles. The first-order valence-electron chi connectivity index (χ1n) is 6.47. The van der Waals surface area contributed by atoms with E-state index >= 15 is 0 Å². The van der Waals surface area contributed by atoms with E-state index < -0.39 is 0 Å². The highest BCUT2D eigenvalue weighted by Gasteiger charge is 2.23. The maximum atomic E-state index is 2.38. The molecule has 2 aliphatic rings. The zero-order valence-electron chi connectivity index (χ0n) is 10.4. The van der Waals surface area contributed by atoms with E-state index in [1.165, 1.54) is 33.0 Å². The van der Waals surface area contributed by atoms with Crippen molar-refractivity contribution in [3.63, 3.8) is 0 Å². The SMILES string of the molecule is CC1C=C2C=CC=C2c2ccc3ccccc3c21. The van der Waals surface area contributed by atoms with Crippen molar-refractivity contribution < 1.29 is 0 Å². The first kappa shape index (κ1) is 9.90. The summed E-state index contributed by atoms with van der Waals surface area (Å²) in [5.41, 5.74) is 5.65. The molecular formula is C18H14. The Bertz CT molecular complexity index is 742. The molecule has 0 N–H and O–H groups in total. The minimum atomic E-state index is 0.487. The van der Waals surface area contributed by atoms with E-state index in [1.807, 2.05) is 0 Å². The van der Waals surface area contributed by atoms with Gasteiger partial charge >= 0.3 is 0 Å². The molecule has 0 fully saturated rings. The van der Waals surface area contributed by atoms with Crippen molar-refractivity contribution in [2.45, 2.75) is 12.8 Å². The van der Waals surface area contributed by atoms with E-state index in [-0.39, 0.29) is 0 Å². The average Bonchev–Trinajstić information content (AvgIpc) is 2.86. The second-order valence-electron chi connectivity index (χ2n) is 5.10. The number of hydrogen-bond donors (Lipinski definition) is 0. The number of hydrogen-bond acceptors (Lipinski definition) is 0. The van der Waals surface area contributed by atoms with Crippen LogP contribution in [0.4, 0.5) is 0 Å². The summed E-state index contributed by atoms with van der Waals surface area (Å²) in [5.74, 6) is 0.487. The summed E-state index contributed by atoms with van der Waals surface area (Å²) < 4.78 is 0. The Morgan fingerprint density at radius 3 is 2.83 bits per heavy atom. The molecule has 86 valence electrons. The van der Waals surface area contributed by atoms with Crippen molar-refractivity contribution >= 4 is 16.3 Å². The summed E-state index contributed by atoms with van der Waals surface area (Å²) >= 11 is 0. The molecule has 0 heteroatoms. The summed E-state index contributed by atoms with van der Waals surface area (Å²) in [7, 11) is 0. The molecular weight excluding hydrogens is 216 g/mol. The fraction of sp³-hybridized carbons (Fsp3) is 0.111. The zero-order chi connectivity index (χ0) is 12.1. The highest BCUT2D eigenvalue weighted by molar-refractivity contribution is 5.97. The van der Waals surface area contributed by atoms with Gasteiger partial charge < -0.3 is 0 Å². The van der Waals surface area contributed by atoms with Gasteiger partial charge in [0, 0.05) is 5.92 Å². The molecule has 0 saturated heterocycles. The van der Waals surface area contributed by atoms with E-state index in [9.17, 15) is 0 Å². The largest absolute Gasteiger partial charge is 0.0693 e. The van der Waals surface area contributed by atoms with Gasteiger partial charge in [-0.05, 0) is 33.0 Å². The zero-order valence-corrected chi connectivity index (χ0v) is 10.4. The van der Waals surface area contributed by atoms with E-state index in [0.29, 0.717) is 5.92 Å². The smallest absolute Gasteiger partial charge is 0.00111 e. The Balaban J connectivity index is 2.11. The topological polar surface area (TPSA) is 0 Å². The van der Waals surface area contributed by atoms with Crippen LogP contribution in [0.1, 0.15) is 24.0 Å². The normalized spacial score (nSPS) is 20.4. The van der Waals surface area contributed by atoms with Crippen molar-refractivity contribution in [2.24, 2.45) is 0 Å². The van der Waals surface area contributed by atoms with Crippen LogP contribution in [0.3, 0.4) is 0 Å². The highest BCUT2D eigenvalue weighted by atomic mass is 14.3. The van der Waals surface area contributed by atoms with E-state index in [2.05, 4.69) is 67.6 Å². The van der Waals surface area contributed by atoms with Gasteiger partial charge in [-0.3, -0.25) is 0 Å². The van der Waals surface area contributed by atoms with Crippen LogP contribution in [-0.2, 0) is 0 Å². The van der Waals surface area contributed by atoms with Gasteiger partial charge in [0.25, 0.3) is 0 Å². The molecule has 2 aromatic rings. The second kappa shape index (κ2) is 3.46. The van der Waals surface area contributed by atoms with Crippen LogP contribution in [0.5, 0.6) is 0 Å². The van der Waals surface area contributed by atoms with Crippen LogP contribution in [-0.4, -0.2) is 0 Å². The van der Waals surface area contributed by atoms with Gasteiger partial charge in [0.05, 0.1) is 0 Å². The molecule has 0 spiro atoms. The molecule has 0 nitrogen and oxygen atoms in total. The van der Waals surface area contributed by atoms with Gasteiger partial charge in [-0.2, -0.15) is 0 Å². The molecule has 0 bridgehead atoms. The Morgan fingerprint density at radius 1 is 1.00 bits per heavy atom. The standard InChI is InChI=1S/C18H14/c1-12-11-14-6-4-8-15(14)17-10-9-13-5-2-3-7-16(13)18(12)17/h2-12H,1H3. The lowest BCUT2D eigenvalue weighted by atomic mass is 9.80. The first-order valence-corrected chi connectivity index (χ1v) is 6.47. The monoisotopic (exact) mass is 230 g/mol. The lowest BCUT2D eigenvalue weighted by Crippen LogP contribution is -2.04. The predicted octanol–water partition coefficient (Wildman–Crippen LogP) is 4.84. The number of fused-ring (bicyclic) bond motifs is 5. The molecule has 0 aliphatic heterocycles. The number of allylic oxidation sites excluding steroid dienone is 6. The summed E-state index contributed by atoms with van der Waals surface area (Å²) in [6.45, 7) is 2.29. The van der Waals surface area contributed by atoms with Crippen molar-refractivity contribution in [1.82, 2.24) is 0 Å². The van der Waals surface area contributed by atoms with Gasteiger partial charge in [0.2, 0.25) is 0 Å². The average molecular weight is 230 g/mol. The van der Waals surface area contributed by atoms with E-state index in [0.717, 1.165) is 0 Å². The maximum Gasteiger partial charge on any atom is 0.00111 e. The summed E-state index contributed by atoms with van der Waals surface area (Å²) in [4.78, 5) is 0. The Hall–Kier alpha value is -2.08. The third kappa shape index (κ3) is 1.20. The number of rotatable bonds is 0. The predicted molar refractivity (Wildman–Crippen MR) is 77.6 cm³/mol. The summed E-state index contributed by atoms with van der Waals surface area (Å²) in [5, 5.41) is 2.73. The quantitative estimate of drug-likeness (QED) is 0.607. The van der Waals surface area contributed by atoms with Gasteiger partial charge in [-0.15, -0.1) is 0 Å². The van der Waals surface area contributed by atoms with Crippen molar-refractivity contribution in [3.8, 4) is 0 Å². The minimum absolute atomic E-state index is 0.487. The molecule has 1 unspecified atom stereocenters. The highest BCUT2D eigenvalue weighted by Crippen LogP contribution is 2.43. The molecule has 0 saturated carbocycles. The Morgan fingerprint density at radius 2 is 1.89 bits per heavy atom. The first-order chi connectivity index (χ1) is 8.84. The van der Waals surface area contributed by atoms with Crippen LogP contribution in [0, 0.1) is 0 Å². The molecule has 0 heterocycles. The summed E-state index contributed by atoms with van der Waals surface area (Å²) in [6.07, 6.45) is 8.97.